The first-order chi connectivity index (χ1) is 10.6. The molecule has 0 amide bonds. The van der Waals surface area contributed by atoms with Gasteiger partial charge in [-0.2, -0.15) is 4.39 Å². The van der Waals surface area contributed by atoms with E-state index in [0.717, 1.165) is 28.2 Å². The first kappa shape index (κ1) is 14.7. The van der Waals surface area contributed by atoms with Crippen LogP contribution in [0.25, 0.3) is 11.8 Å². The van der Waals surface area contributed by atoms with E-state index in [1.807, 2.05) is 19.1 Å². The van der Waals surface area contributed by atoms with Crippen molar-refractivity contribution >= 4 is 17.5 Å². The maximum Gasteiger partial charge on any atom is 0.191 e. The number of allylic oxidation sites excluding steroid dienone is 2. The number of halogens is 2. The molecule has 0 bridgehead atoms. The summed E-state index contributed by atoms with van der Waals surface area (Å²) in [6, 6.07) is 3.88. The number of rotatable bonds is 5. The number of hydrogen-bond donors (Lipinski definition) is 3. The second kappa shape index (κ2) is 5.88. The molecule has 2 heterocycles. The van der Waals surface area contributed by atoms with Gasteiger partial charge in [-0.3, -0.25) is 4.99 Å². The Kier molecular flexibility index (Phi) is 3.94. The van der Waals surface area contributed by atoms with E-state index < -0.39 is 12.2 Å². The first-order valence-corrected chi connectivity index (χ1v) is 7.29. The fourth-order valence-corrected chi connectivity index (χ4v) is 2.53. The van der Waals surface area contributed by atoms with E-state index in [2.05, 4.69) is 15.6 Å². The molecule has 2 aliphatic rings. The molecule has 2 atom stereocenters. The number of fused-ring (bicyclic) bond motifs is 1. The third-order valence-electron chi connectivity index (χ3n) is 3.83. The highest BCUT2D eigenvalue weighted by molar-refractivity contribution is 5.78. The van der Waals surface area contributed by atoms with Gasteiger partial charge in [0, 0.05) is 24.0 Å². The number of dihydropyridines is 1. The van der Waals surface area contributed by atoms with E-state index in [-0.39, 0.29) is 6.04 Å². The van der Waals surface area contributed by atoms with Crippen LogP contribution in [0, 0.1) is 0 Å². The highest BCUT2D eigenvalue weighted by atomic mass is 19.2. The van der Waals surface area contributed by atoms with Gasteiger partial charge in [-0.1, -0.05) is 6.92 Å². The van der Waals surface area contributed by atoms with E-state index in [9.17, 15) is 8.78 Å². The molecule has 0 spiro atoms. The lowest BCUT2D eigenvalue weighted by atomic mass is 10.00. The minimum atomic E-state index is -1.52. The average Bonchev–Trinajstić information content (AvgIpc) is 2.45. The van der Waals surface area contributed by atoms with Crippen LogP contribution in [0.2, 0.25) is 0 Å². The minimum Gasteiger partial charge on any atom is -0.379 e. The lowest BCUT2D eigenvalue weighted by Crippen LogP contribution is -2.38. The standard InChI is InChI=1S/C16H18F2N4/c1-2-12(7-19)21-13-4-9(3-11-8-20-16(11)13)10-5-14(17)22-15(18)6-10/h3-6,8,12,14,21-22H,2,7,19H2,1H3. The van der Waals surface area contributed by atoms with Crippen molar-refractivity contribution in [3.8, 4) is 0 Å². The Morgan fingerprint density at radius 3 is 2.86 bits per heavy atom. The van der Waals surface area contributed by atoms with Crippen LogP contribution in [-0.2, 0) is 0 Å². The second-order valence-corrected chi connectivity index (χ2v) is 5.37. The predicted octanol–water partition coefficient (Wildman–Crippen LogP) is 1.30. The molecule has 3 rings (SSSR count). The van der Waals surface area contributed by atoms with Gasteiger partial charge in [0.05, 0.1) is 11.0 Å². The van der Waals surface area contributed by atoms with Gasteiger partial charge in [-0.05, 0) is 41.8 Å². The lowest BCUT2D eigenvalue weighted by Gasteiger charge is -2.20. The number of hydrogen-bond acceptors (Lipinski definition) is 4. The summed E-state index contributed by atoms with van der Waals surface area (Å²) in [5.74, 6) is -0.677. The van der Waals surface area contributed by atoms with Gasteiger partial charge in [0.2, 0.25) is 0 Å². The smallest absolute Gasteiger partial charge is 0.191 e. The molecule has 2 unspecified atom stereocenters. The largest absolute Gasteiger partial charge is 0.379 e. The zero-order valence-electron chi connectivity index (χ0n) is 12.2. The maximum atomic E-state index is 13.5. The Labute approximate surface area is 127 Å². The van der Waals surface area contributed by atoms with Crippen molar-refractivity contribution < 1.29 is 8.78 Å². The van der Waals surface area contributed by atoms with Crippen LogP contribution in [0.4, 0.5) is 14.5 Å². The summed E-state index contributed by atoms with van der Waals surface area (Å²) >= 11 is 0. The van der Waals surface area contributed by atoms with Crippen molar-refractivity contribution in [1.82, 2.24) is 5.32 Å². The summed E-state index contributed by atoms with van der Waals surface area (Å²) in [4.78, 5) is 4.25. The molecular formula is C16H18F2N4. The molecule has 0 aliphatic carbocycles. The summed E-state index contributed by atoms with van der Waals surface area (Å²) in [5, 5.41) is 7.25. The number of anilines is 1. The third-order valence-corrected chi connectivity index (χ3v) is 3.83. The summed E-state index contributed by atoms with van der Waals surface area (Å²) in [6.45, 7) is 2.55. The molecule has 4 N–H and O–H groups in total. The summed E-state index contributed by atoms with van der Waals surface area (Å²) in [5.41, 5.74) is 7.83. The van der Waals surface area contributed by atoms with Crippen molar-refractivity contribution in [2.45, 2.75) is 25.7 Å². The van der Waals surface area contributed by atoms with E-state index >= 15 is 0 Å². The Bertz CT molecular complexity index is 763. The SMILES string of the molecule is CCC(CN)Nc1cc(C2=CC(F)NC(F)=C2)cc2c1=NC=2. The van der Waals surface area contributed by atoms with Crippen molar-refractivity contribution in [3.63, 3.8) is 0 Å². The van der Waals surface area contributed by atoms with Crippen molar-refractivity contribution in [2.24, 2.45) is 10.7 Å². The van der Waals surface area contributed by atoms with Crippen LogP contribution in [0.3, 0.4) is 0 Å². The third kappa shape index (κ3) is 2.74. The van der Waals surface area contributed by atoms with E-state index in [4.69, 9.17) is 5.73 Å². The molecule has 4 nitrogen and oxygen atoms in total. The number of alkyl halides is 1. The zero-order valence-corrected chi connectivity index (χ0v) is 12.2. The number of benzene rings is 1. The van der Waals surface area contributed by atoms with Crippen molar-refractivity contribution in [2.75, 3.05) is 11.9 Å². The molecule has 1 aromatic carbocycles. The fraction of sp³-hybridized carbons (Fsp3) is 0.312. The Balaban J connectivity index is 2.00. The first-order valence-electron chi connectivity index (χ1n) is 7.29. The molecule has 0 fully saturated rings. The second-order valence-electron chi connectivity index (χ2n) is 5.37. The van der Waals surface area contributed by atoms with E-state index in [0.29, 0.717) is 12.1 Å². The fourth-order valence-electron chi connectivity index (χ4n) is 2.53. The van der Waals surface area contributed by atoms with Gasteiger partial charge in [-0.25, -0.2) is 4.39 Å². The molecule has 1 aromatic rings. The van der Waals surface area contributed by atoms with Gasteiger partial charge in [0.15, 0.2) is 12.2 Å². The molecule has 0 saturated carbocycles. The van der Waals surface area contributed by atoms with Crippen LogP contribution >= 0.6 is 0 Å². The van der Waals surface area contributed by atoms with Gasteiger partial charge in [0.1, 0.15) is 0 Å². The monoisotopic (exact) mass is 304 g/mol. The van der Waals surface area contributed by atoms with Crippen LogP contribution < -0.4 is 26.9 Å². The summed E-state index contributed by atoms with van der Waals surface area (Å²) < 4.78 is 26.9. The minimum absolute atomic E-state index is 0.137. The molecule has 0 aromatic heterocycles. The van der Waals surface area contributed by atoms with Crippen molar-refractivity contribution in [3.05, 3.63) is 46.4 Å². The van der Waals surface area contributed by atoms with Crippen LogP contribution in [0.15, 0.2) is 35.2 Å². The molecule has 0 radical (unpaired) electrons. The van der Waals surface area contributed by atoms with Crippen LogP contribution in [-0.4, -0.2) is 18.9 Å². The van der Waals surface area contributed by atoms with E-state index in [1.165, 1.54) is 12.2 Å². The zero-order chi connectivity index (χ0) is 15.7. The highest BCUT2D eigenvalue weighted by Gasteiger charge is 2.16. The highest BCUT2D eigenvalue weighted by Crippen LogP contribution is 2.23. The van der Waals surface area contributed by atoms with Gasteiger partial charge in [-0.15, -0.1) is 0 Å². The summed E-state index contributed by atoms with van der Waals surface area (Å²) in [6.07, 6.45) is 3.74. The molecule has 116 valence electrons. The quantitative estimate of drug-likeness (QED) is 0.719. The summed E-state index contributed by atoms with van der Waals surface area (Å²) in [7, 11) is 0. The van der Waals surface area contributed by atoms with Gasteiger partial charge < -0.3 is 16.4 Å². The number of nitrogens with two attached hydrogens (primary N) is 1. The van der Waals surface area contributed by atoms with Crippen LogP contribution in [0.5, 0.6) is 0 Å². The van der Waals surface area contributed by atoms with Gasteiger partial charge >= 0.3 is 0 Å². The molecule has 6 heteroatoms. The lowest BCUT2D eigenvalue weighted by molar-refractivity contribution is 0.326. The predicted molar refractivity (Wildman–Crippen MR) is 83.6 cm³/mol. The number of nitrogens with one attached hydrogen (secondary N) is 2. The molecule has 0 saturated heterocycles. The Morgan fingerprint density at radius 1 is 1.45 bits per heavy atom. The van der Waals surface area contributed by atoms with E-state index in [1.54, 1.807) is 6.20 Å². The number of nitrogens with zero attached hydrogens (tertiary/aromatic N) is 1. The molecule has 2 aliphatic heterocycles. The Morgan fingerprint density at radius 2 is 2.27 bits per heavy atom. The Hall–Kier alpha value is -2.21. The molecular weight excluding hydrogens is 286 g/mol. The molecule has 22 heavy (non-hydrogen) atoms. The maximum absolute atomic E-state index is 13.5. The van der Waals surface area contributed by atoms with Gasteiger partial charge in [0.25, 0.3) is 0 Å². The topological polar surface area (TPSA) is 62.4 Å². The van der Waals surface area contributed by atoms with Crippen LogP contribution in [0.1, 0.15) is 18.9 Å². The average molecular weight is 304 g/mol. The normalized spacial score (nSPS) is 20.3. The van der Waals surface area contributed by atoms with Crippen molar-refractivity contribution in [1.29, 1.82) is 0 Å².